The molecular formula is C14H9NaO8S2. The number of allylic oxidation sites excluding steroid dienone is 4. The van der Waals surface area contributed by atoms with Gasteiger partial charge >= 0.3 is 29.6 Å². The van der Waals surface area contributed by atoms with Crippen molar-refractivity contribution in [1.82, 2.24) is 0 Å². The van der Waals surface area contributed by atoms with Crippen LogP contribution in [0.5, 0.6) is 0 Å². The molecule has 2 aliphatic rings. The first-order chi connectivity index (χ1) is 11.0. The summed E-state index contributed by atoms with van der Waals surface area (Å²) in [6.45, 7) is 0. The van der Waals surface area contributed by atoms with Crippen LogP contribution < -0.4 is 0 Å². The molecule has 25 heavy (non-hydrogen) atoms. The number of hydrogen-bond acceptors (Lipinski definition) is 6. The summed E-state index contributed by atoms with van der Waals surface area (Å²) in [6.07, 6.45) is 2.83. The minimum atomic E-state index is -4.69. The van der Waals surface area contributed by atoms with Gasteiger partial charge in [-0.15, -0.1) is 0 Å². The van der Waals surface area contributed by atoms with Crippen LogP contribution in [-0.2, 0) is 25.0 Å². The van der Waals surface area contributed by atoms with E-state index in [1.807, 2.05) is 0 Å². The number of fused-ring (bicyclic) bond motifs is 2. The number of hydrogen-bond donors (Lipinski definition) is 2. The maximum atomic E-state index is 12.5. The Kier molecular flexibility index (Phi) is 5.10. The zero-order chi connectivity index (χ0) is 17.9. The van der Waals surface area contributed by atoms with Gasteiger partial charge in [-0.05, 0) is 29.8 Å². The third-order valence-corrected chi connectivity index (χ3v) is 5.21. The molecule has 126 valence electrons. The van der Waals surface area contributed by atoms with Crippen molar-refractivity contribution in [2.75, 3.05) is 0 Å². The summed E-state index contributed by atoms with van der Waals surface area (Å²) < 4.78 is 62.8. The van der Waals surface area contributed by atoms with Crippen molar-refractivity contribution in [3.8, 4) is 0 Å². The number of ketones is 2. The fourth-order valence-electron chi connectivity index (χ4n) is 2.41. The average molecular weight is 392 g/mol. The van der Waals surface area contributed by atoms with Gasteiger partial charge in [-0.1, -0.05) is 6.07 Å². The second kappa shape index (κ2) is 6.40. The molecule has 2 N–H and O–H groups in total. The van der Waals surface area contributed by atoms with Crippen LogP contribution in [0.1, 0.15) is 15.9 Å². The Labute approximate surface area is 164 Å². The number of rotatable bonds is 2. The first-order valence-electron chi connectivity index (χ1n) is 6.32. The average Bonchev–Trinajstić information content (AvgIpc) is 2.46. The number of Topliss-reactive ketones (excluding diaryl/α,β-unsaturated/α-hetero) is 1. The Morgan fingerprint density at radius 1 is 0.800 bits per heavy atom. The molecule has 0 heterocycles. The van der Waals surface area contributed by atoms with Crippen LogP contribution in [0.3, 0.4) is 0 Å². The molecule has 0 aromatic heterocycles. The predicted molar refractivity (Wildman–Crippen MR) is 88.4 cm³/mol. The SMILES string of the molecule is O=C1C=C(S(=O)(=O)O)C=C2C(=O)c3cc(S(=O)(=O)O)ccc3C=C12.[NaH]. The molecule has 0 amide bonds. The summed E-state index contributed by atoms with van der Waals surface area (Å²) in [5, 5.41) is 0. The Bertz CT molecular complexity index is 1120. The second-order valence-corrected chi connectivity index (χ2v) is 7.90. The van der Waals surface area contributed by atoms with E-state index in [-0.39, 0.29) is 51.8 Å². The van der Waals surface area contributed by atoms with Gasteiger partial charge in [-0.25, -0.2) is 0 Å². The summed E-state index contributed by atoms with van der Waals surface area (Å²) in [6, 6.07) is 3.24. The van der Waals surface area contributed by atoms with Gasteiger partial charge in [0.2, 0.25) is 0 Å². The van der Waals surface area contributed by atoms with Crippen molar-refractivity contribution < 1.29 is 35.5 Å². The molecule has 3 rings (SSSR count). The van der Waals surface area contributed by atoms with Gasteiger partial charge in [0, 0.05) is 22.8 Å². The third-order valence-electron chi connectivity index (χ3n) is 3.53. The fraction of sp³-hybridized carbons (Fsp3) is 0. The van der Waals surface area contributed by atoms with Gasteiger partial charge in [-0.2, -0.15) is 16.8 Å². The molecule has 0 saturated carbocycles. The van der Waals surface area contributed by atoms with Crippen LogP contribution in [0.15, 0.2) is 51.3 Å². The Morgan fingerprint density at radius 2 is 1.44 bits per heavy atom. The molecule has 11 heteroatoms. The van der Waals surface area contributed by atoms with Crippen LogP contribution in [0.25, 0.3) is 6.08 Å². The standard InChI is InChI=1S/C14H8O8S2.Na.H/c15-13-6-9(24(20,21)22)5-12-11(13)3-7-1-2-8(23(17,18)19)4-10(7)14(12)16;;/h1-6H,(H,17,18,19)(H,20,21,22);;. The first-order valence-corrected chi connectivity index (χ1v) is 9.20. The predicted octanol–water partition coefficient (Wildman–Crippen LogP) is 0.145. The molecule has 0 aliphatic heterocycles. The topological polar surface area (TPSA) is 143 Å². The van der Waals surface area contributed by atoms with Gasteiger partial charge in [0.1, 0.15) is 0 Å². The zero-order valence-corrected chi connectivity index (χ0v) is 13.3. The first kappa shape index (κ1) is 19.9. The Hall–Kier alpha value is -1.40. The van der Waals surface area contributed by atoms with Crippen LogP contribution in [0, 0.1) is 0 Å². The van der Waals surface area contributed by atoms with Crippen LogP contribution in [-0.4, -0.2) is 67.1 Å². The van der Waals surface area contributed by atoms with Gasteiger partial charge in [0.05, 0.1) is 9.80 Å². The van der Waals surface area contributed by atoms with E-state index in [0.717, 1.165) is 18.2 Å². The third kappa shape index (κ3) is 3.60. The van der Waals surface area contributed by atoms with Crippen molar-refractivity contribution in [3.05, 3.63) is 57.5 Å². The Morgan fingerprint density at radius 3 is 2.00 bits per heavy atom. The summed E-state index contributed by atoms with van der Waals surface area (Å²) >= 11 is 0. The van der Waals surface area contributed by atoms with Gasteiger partial charge in [0.25, 0.3) is 20.2 Å². The zero-order valence-electron chi connectivity index (χ0n) is 11.6. The Balaban J connectivity index is 0.00000225. The van der Waals surface area contributed by atoms with E-state index in [9.17, 15) is 26.4 Å². The number of carbonyl (C=O) groups is 2. The number of carbonyl (C=O) groups excluding carboxylic acids is 2. The molecular weight excluding hydrogens is 383 g/mol. The number of benzene rings is 1. The monoisotopic (exact) mass is 392 g/mol. The summed E-state index contributed by atoms with van der Waals surface area (Å²) in [5.74, 6) is -1.58. The van der Waals surface area contributed by atoms with Gasteiger partial charge in [-0.3, -0.25) is 18.7 Å². The van der Waals surface area contributed by atoms with Crippen molar-refractivity contribution >= 4 is 67.4 Å². The van der Waals surface area contributed by atoms with E-state index in [1.54, 1.807) is 0 Å². The van der Waals surface area contributed by atoms with E-state index in [0.29, 0.717) is 6.08 Å². The minimum absolute atomic E-state index is 0. The maximum absolute atomic E-state index is 12.5. The molecule has 0 unspecified atom stereocenters. The molecule has 0 radical (unpaired) electrons. The quantitative estimate of drug-likeness (QED) is 0.535. The molecule has 1 aromatic rings. The summed E-state index contributed by atoms with van der Waals surface area (Å²) in [7, 11) is -9.23. The van der Waals surface area contributed by atoms with Gasteiger partial charge < -0.3 is 0 Å². The van der Waals surface area contributed by atoms with Crippen molar-refractivity contribution in [2.45, 2.75) is 4.90 Å². The van der Waals surface area contributed by atoms with E-state index in [4.69, 9.17) is 9.11 Å². The molecule has 0 spiro atoms. The molecule has 2 aliphatic carbocycles. The summed E-state index contributed by atoms with van der Waals surface area (Å²) in [5.41, 5.74) is -0.226. The van der Waals surface area contributed by atoms with E-state index >= 15 is 0 Å². The molecule has 0 atom stereocenters. The van der Waals surface area contributed by atoms with E-state index in [1.165, 1.54) is 12.1 Å². The van der Waals surface area contributed by atoms with Gasteiger partial charge in [0.15, 0.2) is 11.6 Å². The van der Waals surface area contributed by atoms with E-state index < -0.39 is 41.6 Å². The molecule has 0 bridgehead atoms. The summed E-state index contributed by atoms with van der Waals surface area (Å²) in [4.78, 5) is 23.3. The molecule has 8 nitrogen and oxygen atoms in total. The van der Waals surface area contributed by atoms with Crippen molar-refractivity contribution in [2.24, 2.45) is 0 Å². The van der Waals surface area contributed by atoms with Crippen molar-refractivity contribution in [1.29, 1.82) is 0 Å². The van der Waals surface area contributed by atoms with Crippen LogP contribution in [0.4, 0.5) is 0 Å². The normalized spacial score (nSPS) is 16.8. The second-order valence-electron chi connectivity index (χ2n) is 5.06. The molecule has 0 saturated heterocycles. The fourth-order valence-corrected chi connectivity index (χ4v) is 3.44. The molecule has 1 aromatic carbocycles. The molecule has 0 fully saturated rings. The van der Waals surface area contributed by atoms with Crippen molar-refractivity contribution in [3.63, 3.8) is 0 Å². The van der Waals surface area contributed by atoms with Crippen LogP contribution >= 0.6 is 0 Å². The van der Waals surface area contributed by atoms with E-state index in [2.05, 4.69) is 0 Å². The van der Waals surface area contributed by atoms with Crippen LogP contribution in [0.2, 0.25) is 0 Å².